The molecule has 0 saturated carbocycles. The van der Waals surface area contributed by atoms with Gasteiger partial charge in [0.1, 0.15) is 0 Å². The molecule has 0 aliphatic heterocycles. The molecule has 0 bridgehead atoms. The summed E-state index contributed by atoms with van der Waals surface area (Å²) in [5.41, 5.74) is 8.09. The minimum absolute atomic E-state index is 0.816. The molecule has 84 valence electrons. The quantitative estimate of drug-likeness (QED) is 0.799. The van der Waals surface area contributed by atoms with E-state index >= 15 is 0 Å². The van der Waals surface area contributed by atoms with Crippen molar-refractivity contribution in [2.24, 2.45) is 5.73 Å². The van der Waals surface area contributed by atoms with Gasteiger partial charge in [0.05, 0.1) is 0 Å². The molecule has 0 aliphatic carbocycles. The van der Waals surface area contributed by atoms with E-state index in [1.165, 1.54) is 5.57 Å². The largest absolute Gasteiger partial charge is 0.398 e. The lowest BCUT2D eigenvalue weighted by atomic mass is 10.1. The molecule has 0 aromatic heterocycles. The minimum atomic E-state index is 0.816. The van der Waals surface area contributed by atoms with Crippen molar-refractivity contribution in [1.29, 1.82) is 0 Å². The van der Waals surface area contributed by atoms with Crippen molar-refractivity contribution in [3.63, 3.8) is 0 Å². The van der Waals surface area contributed by atoms with Crippen LogP contribution in [0.4, 0.5) is 0 Å². The summed E-state index contributed by atoms with van der Waals surface area (Å²) >= 11 is 0. The van der Waals surface area contributed by atoms with E-state index in [1.807, 2.05) is 57.2 Å². The summed E-state index contributed by atoms with van der Waals surface area (Å²) in [4.78, 5) is 0. The lowest BCUT2D eigenvalue weighted by Gasteiger charge is -1.96. The lowest BCUT2D eigenvalue weighted by molar-refractivity contribution is 1.36. The number of allylic oxidation sites excluding steroid dienone is 3. The molecule has 1 aromatic rings. The van der Waals surface area contributed by atoms with Gasteiger partial charge in [0.2, 0.25) is 0 Å². The van der Waals surface area contributed by atoms with Gasteiger partial charge in [-0.15, -0.1) is 0 Å². The summed E-state index contributed by atoms with van der Waals surface area (Å²) in [5, 5.41) is 2.23. The number of rotatable bonds is 2. The molecule has 0 heterocycles. The van der Waals surface area contributed by atoms with E-state index in [-0.39, 0.29) is 0 Å². The Balaban J connectivity index is 3.51. The Morgan fingerprint density at radius 2 is 1.88 bits per heavy atom. The average Bonchev–Trinajstić information content (AvgIpc) is 2.25. The molecule has 1 heteroatoms. The highest BCUT2D eigenvalue weighted by Gasteiger charge is 1.89. The molecule has 0 unspecified atom stereocenters. The summed E-state index contributed by atoms with van der Waals surface area (Å²) in [7, 11) is 0. The van der Waals surface area contributed by atoms with Gasteiger partial charge in [-0.05, 0) is 32.1 Å². The van der Waals surface area contributed by atoms with Gasteiger partial charge in [-0.3, -0.25) is 0 Å². The second kappa shape index (κ2) is 5.96. The molecule has 1 rings (SSSR count). The molecule has 2 N–H and O–H groups in total. The fraction of sp³-hybridized carbons (Fsp3) is 0.200. The Hall–Kier alpha value is -1.76. The van der Waals surface area contributed by atoms with Gasteiger partial charge in [0.15, 0.2) is 0 Å². The van der Waals surface area contributed by atoms with Crippen molar-refractivity contribution in [3.8, 4) is 0 Å². The molecule has 0 radical (unpaired) electrons. The van der Waals surface area contributed by atoms with Crippen LogP contribution in [-0.4, -0.2) is 0 Å². The Morgan fingerprint density at radius 3 is 2.50 bits per heavy atom. The first-order valence-corrected chi connectivity index (χ1v) is 5.48. The predicted molar refractivity (Wildman–Crippen MR) is 72.0 cm³/mol. The molecule has 0 atom stereocenters. The van der Waals surface area contributed by atoms with Gasteiger partial charge in [-0.2, -0.15) is 0 Å². The van der Waals surface area contributed by atoms with Crippen LogP contribution < -0.4 is 16.2 Å². The van der Waals surface area contributed by atoms with E-state index in [4.69, 9.17) is 5.73 Å². The highest BCUT2D eigenvalue weighted by atomic mass is 14.6. The molecule has 1 aromatic carbocycles. The number of hydrogen-bond acceptors (Lipinski definition) is 1. The van der Waals surface area contributed by atoms with Crippen molar-refractivity contribution in [3.05, 3.63) is 58.5 Å². The maximum atomic E-state index is 6.06. The maximum Gasteiger partial charge on any atom is 0.0393 e. The van der Waals surface area contributed by atoms with Crippen LogP contribution in [-0.2, 0) is 0 Å². The van der Waals surface area contributed by atoms with E-state index < -0.39 is 0 Å². The molecule has 0 amide bonds. The molecule has 0 fully saturated rings. The number of benzene rings is 1. The van der Waals surface area contributed by atoms with Gasteiger partial charge < -0.3 is 5.73 Å². The van der Waals surface area contributed by atoms with Crippen LogP contribution in [0.1, 0.15) is 20.8 Å². The van der Waals surface area contributed by atoms with E-state index in [2.05, 4.69) is 12.1 Å². The fourth-order valence-electron chi connectivity index (χ4n) is 1.49. The Bertz CT molecular complexity index is 515. The van der Waals surface area contributed by atoms with E-state index in [0.717, 1.165) is 16.1 Å². The zero-order valence-electron chi connectivity index (χ0n) is 10.2. The Morgan fingerprint density at radius 1 is 1.19 bits per heavy atom. The zero-order valence-corrected chi connectivity index (χ0v) is 10.2. The SMILES string of the molecule is C/C=C/C=c1/cccc/c1=C(/N)C=C(C)C. The molecule has 0 aliphatic rings. The normalized spacial score (nSPS) is 14.1. The monoisotopic (exact) mass is 213 g/mol. The number of hydrogen-bond donors (Lipinski definition) is 1. The van der Waals surface area contributed by atoms with Crippen molar-refractivity contribution in [2.75, 3.05) is 0 Å². The van der Waals surface area contributed by atoms with Gasteiger partial charge >= 0.3 is 0 Å². The summed E-state index contributed by atoms with van der Waals surface area (Å²) in [5.74, 6) is 0. The number of nitrogens with two attached hydrogens (primary N) is 1. The van der Waals surface area contributed by atoms with Gasteiger partial charge in [0.25, 0.3) is 0 Å². The van der Waals surface area contributed by atoms with Crippen LogP contribution in [0, 0.1) is 0 Å². The molecule has 0 saturated heterocycles. The predicted octanol–water partition coefficient (Wildman–Crippen LogP) is 2.08. The van der Waals surface area contributed by atoms with Crippen molar-refractivity contribution in [2.45, 2.75) is 20.8 Å². The fourth-order valence-corrected chi connectivity index (χ4v) is 1.49. The topological polar surface area (TPSA) is 26.0 Å². The second-order valence-corrected chi connectivity index (χ2v) is 3.96. The van der Waals surface area contributed by atoms with Gasteiger partial charge in [-0.25, -0.2) is 0 Å². The summed E-state index contributed by atoms with van der Waals surface area (Å²) in [6, 6.07) is 8.15. The minimum Gasteiger partial charge on any atom is -0.398 e. The molecule has 1 nitrogen and oxygen atoms in total. The van der Waals surface area contributed by atoms with Crippen LogP contribution in [0.3, 0.4) is 0 Å². The van der Waals surface area contributed by atoms with Gasteiger partial charge in [-0.1, -0.05) is 48.1 Å². The first-order valence-electron chi connectivity index (χ1n) is 5.48. The van der Waals surface area contributed by atoms with Crippen LogP contribution >= 0.6 is 0 Å². The third-order valence-electron chi connectivity index (χ3n) is 2.18. The van der Waals surface area contributed by atoms with E-state index in [1.54, 1.807) is 0 Å². The summed E-state index contributed by atoms with van der Waals surface area (Å²) in [6.45, 7) is 6.10. The lowest BCUT2D eigenvalue weighted by Crippen LogP contribution is -2.28. The maximum absolute atomic E-state index is 6.06. The second-order valence-electron chi connectivity index (χ2n) is 3.96. The molecule has 16 heavy (non-hydrogen) atoms. The van der Waals surface area contributed by atoms with Gasteiger partial charge in [0, 0.05) is 10.9 Å². The van der Waals surface area contributed by atoms with Crippen molar-refractivity contribution in [1.82, 2.24) is 0 Å². The first kappa shape index (κ1) is 12.3. The zero-order chi connectivity index (χ0) is 12.0. The molecular weight excluding hydrogens is 194 g/mol. The molecular formula is C15H19N. The Labute approximate surface area is 97.3 Å². The smallest absolute Gasteiger partial charge is 0.0393 e. The third kappa shape index (κ3) is 3.43. The summed E-state index contributed by atoms with van der Waals surface area (Å²) in [6.07, 6.45) is 8.10. The first-order chi connectivity index (χ1) is 7.65. The average molecular weight is 213 g/mol. The van der Waals surface area contributed by atoms with Crippen LogP contribution in [0.15, 0.2) is 48.1 Å². The third-order valence-corrected chi connectivity index (χ3v) is 2.18. The Kier molecular flexibility index (Phi) is 4.59. The van der Waals surface area contributed by atoms with Crippen LogP contribution in [0.5, 0.6) is 0 Å². The van der Waals surface area contributed by atoms with Crippen molar-refractivity contribution >= 4 is 11.8 Å². The standard InChI is InChI=1S/C15H19N/c1-4-5-8-13-9-6-7-10-14(13)15(16)11-12(2)3/h4-11H,16H2,1-3H3/b5-4+,13-8-,15-14-. The molecule has 0 spiro atoms. The van der Waals surface area contributed by atoms with Crippen molar-refractivity contribution < 1.29 is 0 Å². The summed E-state index contributed by atoms with van der Waals surface area (Å²) < 4.78 is 0. The van der Waals surface area contributed by atoms with E-state index in [9.17, 15) is 0 Å². The van der Waals surface area contributed by atoms with Crippen LogP contribution in [0.25, 0.3) is 11.8 Å². The highest BCUT2D eigenvalue weighted by molar-refractivity contribution is 5.55. The highest BCUT2D eigenvalue weighted by Crippen LogP contribution is 1.93. The van der Waals surface area contributed by atoms with Crippen LogP contribution in [0.2, 0.25) is 0 Å². The van der Waals surface area contributed by atoms with E-state index in [0.29, 0.717) is 0 Å².